The molecular formula is C25H38O3. The molecule has 3 nitrogen and oxygen atoms in total. The number of rotatable bonds is 12. The molecule has 0 amide bonds. The van der Waals surface area contributed by atoms with Crippen molar-refractivity contribution in [3.8, 4) is 5.75 Å². The van der Waals surface area contributed by atoms with Crippen LogP contribution in [0.3, 0.4) is 0 Å². The smallest absolute Gasteiger partial charge is 0.344 e. The SMILES string of the molecule is CCCCCCCCCC(Oc1ccc(/C2=C/CCCCCC2)cc1)C(=O)O. The summed E-state index contributed by atoms with van der Waals surface area (Å²) in [6, 6.07) is 8.01. The highest BCUT2D eigenvalue weighted by atomic mass is 16.5. The van der Waals surface area contributed by atoms with Crippen LogP contribution in [0, 0.1) is 0 Å². The molecule has 1 aromatic rings. The van der Waals surface area contributed by atoms with E-state index in [0.29, 0.717) is 12.2 Å². The van der Waals surface area contributed by atoms with Gasteiger partial charge in [0.1, 0.15) is 5.75 Å². The van der Waals surface area contributed by atoms with E-state index in [0.717, 1.165) is 25.7 Å². The monoisotopic (exact) mass is 386 g/mol. The van der Waals surface area contributed by atoms with Crippen molar-refractivity contribution in [3.63, 3.8) is 0 Å². The number of ether oxygens (including phenoxy) is 1. The van der Waals surface area contributed by atoms with Gasteiger partial charge in [-0.05, 0) is 61.8 Å². The third-order valence-corrected chi connectivity index (χ3v) is 5.64. The minimum absolute atomic E-state index is 0.579. The molecular weight excluding hydrogens is 348 g/mol. The lowest BCUT2D eigenvalue weighted by atomic mass is 9.95. The Labute approximate surface area is 171 Å². The molecule has 156 valence electrons. The van der Waals surface area contributed by atoms with Gasteiger partial charge >= 0.3 is 5.97 Å². The van der Waals surface area contributed by atoms with Crippen molar-refractivity contribution in [2.24, 2.45) is 0 Å². The van der Waals surface area contributed by atoms with Gasteiger partial charge < -0.3 is 9.84 Å². The van der Waals surface area contributed by atoms with E-state index in [1.165, 1.54) is 68.9 Å². The zero-order valence-corrected chi connectivity index (χ0v) is 17.6. The molecule has 0 aromatic heterocycles. The van der Waals surface area contributed by atoms with Crippen LogP contribution in [0.4, 0.5) is 0 Å². The third kappa shape index (κ3) is 8.50. The summed E-state index contributed by atoms with van der Waals surface area (Å²) in [5.74, 6) is -0.205. The average Bonchev–Trinajstić information content (AvgIpc) is 2.67. The van der Waals surface area contributed by atoms with Crippen LogP contribution in [0.25, 0.3) is 5.57 Å². The van der Waals surface area contributed by atoms with Gasteiger partial charge in [-0.2, -0.15) is 0 Å². The molecule has 1 aliphatic rings. The van der Waals surface area contributed by atoms with E-state index in [-0.39, 0.29) is 0 Å². The summed E-state index contributed by atoms with van der Waals surface area (Å²) in [4.78, 5) is 11.6. The summed E-state index contributed by atoms with van der Waals surface area (Å²) in [6.45, 7) is 2.22. The van der Waals surface area contributed by atoms with Crippen LogP contribution in [-0.2, 0) is 4.79 Å². The van der Waals surface area contributed by atoms with E-state index in [4.69, 9.17) is 4.74 Å². The molecule has 1 unspecified atom stereocenters. The Morgan fingerprint density at radius 1 is 0.964 bits per heavy atom. The maximum Gasteiger partial charge on any atom is 0.344 e. The summed E-state index contributed by atoms with van der Waals surface area (Å²) in [5, 5.41) is 9.49. The topological polar surface area (TPSA) is 46.5 Å². The van der Waals surface area contributed by atoms with E-state index < -0.39 is 12.1 Å². The molecule has 0 radical (unpaired) electrons. The van der Waals surface area contributed by atoms with Crippen LogP contribution in [0.2, 0.25) is 0 Å². The second-order valence-corrected chi connectivity index (χ2v) is 8.06. The molecule has 0 fully saturated rings. The Balaban J connectivity index is 1.81. The van der Waals surface area contributed by atoms with Gasteiger partial charge in [-0.15, -0.1) is 0 Å². The Kier molecular flexibility index (Phi) is 10.8. The fraction of sp³-hybridized carbons (Fsp3) is 0.640. The number of aliphatic carboxylic acids is 1. The van der Waals surface area contributed by atoms with Crippen molar-refractivity contribution in [3.05, 3.63) is 35.9 Å². The predicted octanol–water partition coefficient (Wildman–Crippen LogP) is 7.40. The number of carboxylic acids is 1. The Morgan fingerprint density at radius 3 is 2.36 bits per heavy atom. The van der Waals surface area contributed by atoms with Gasteiger partial charge in [0.25, 0.3) is 0 Å². The third-order valence-electron chi connectivity index (χ3n) is 5.64. The summed E-state index contributed by atoms with van der Waals surface area (Å²) in [6.07, 6.45) is 18.0. The molecule has 1 aliphatic carbocycles. The van der Waals surface area contributed by atoms with Gasteiger partial charge in [0.2, 0.25) is 0 Å². The molecule has 0 saturated carbocycles. The summed E-state index contributed by atoms with van der Waals surface area (Å²) < 4.78 is 5.79. The lowest BCUT2D eigenvalue weighted by Crippen LogP contribution is -2.26. The summed E-state index contributed by atoms with van der Waals surface area (Å²) >= 11 is 0. The lowest BCUT2D eigenvalue weighted by Gasteiger charge is -2.16. The highest BCUT2D eigenvalue weighted by molar-refractivity contribution is 5.72. The lowest BCUT2D eigenvalue weighted by molar-refractivity contribution is -0.145. The van der Waals surface area contributed by atoms with E-state index in [1.54, 1.807) is 0 Å². The summed E-state index contributed by atoms with van der Waals surface area (Å²) in [5.41, 5.74) is 2.66. The molecule has 3 heteroatoms. The van der Waals surface area contributed by atoms with E-state index in [1.807, 2.05) is 12.1 Å². The molecule has 1 N–H and O–H groups in total. The molecule has 0 aliphatic heterocycles. The van der Waals surface area contributed by atoms with Crippen molar-refractivity contribution in [1.29, 1.82) is 0 Å². The number of hydrogen-bond acceptors (Lipinski definition) is 2. The van der Waals surface area contributed by atoms with Gasteiger partial charge in [0, 0.05) is 0 Å². The van der Waals surface area contributed by atoms with Gasteiger partial charge in [-0.1, -0.05) is 76.5 Å². The highest BCUT2D eigenvalue weighted by Gasteiger charge is 2.19. The van der Waals surface area contributed by atoms with Gasteiger partial charge in [0.15, 0.2) is 6.10 Å². The van der Waals surface area contributed by atoms with Crippen molar-refractivity contribution in [2.45, 2.75) is 103 Å². The molecule has 1 atom stereocenters. The first-order valence-electron chi connectivity index (χ1n) is 11.4. The van der Waals surface area contributed by atoms with Crippen LogP contribution in [0.15, 0.2) is 30.3 Å². The Morgan fingerprint density at radius 2 is 1.64 bits per heavy atom. The molecule has 2 rings (SSSR count). The van der Waals surface area contributed by atoms with Crippen LogP contribution >= 0.6 is 0 Å². The molecule has 0 saturated heterocycles. The van der Waals surface area contributed by atoms with Crippen LogP contribution in [-0.4, -0.2) is 17.2 Å². The van der Waals surface area contributed by atoms with Crippen molar-refractivity contribution in [2.75, 3.05) is 0 Å². The molecule has 0 bridgehead atoms. The second kappa shape index (κ2) is 13.4. The first kappa shape index (κ1) is 22.5. The molecule has 28 heavy (non-hydrogen) atoms. The zero-order valence-electron chi connectivity index (χ0n) is 17.6. The number of hydrogen-bond donors (Lipinski definition) is 1. The van der Waals surface area contributed by atoms with Crippen molar-refractivity contribution < 1.29 is 14.6 Å². The van der Waals surface area contributed by atoms with Crippen molar-refractivity contribution >= 4 is 11.5 Å². The number of carbonyl (C=O) groups is 1. The standard InChI is InChI=1S/C25H38O3/c1-2-3-4-5-6-10-13-16-24(25(26)27)28-23-19-17-22(18-20-23)21-14-11-8-7-9-12-15-21/h14,17-20,24H,2-13,15-16H2,1H3,(H,26,27)/b21-14+. The maximum atomic E-state index is 11.6. The fourth-order valence-corrected chi connectivity index (χ4v) is 3.89. The minimum Gasteiger partial charge on any atom is -0.479 e. The van der Waals surface area contributed by atoms with E-state index in [9.17, 15) is 9.90 Å². The normalized spacial score (nSPS) is 17.8. The van der Waals surface area contributed by atoms with Gasteiger partial charge in [-0.3, -0.25) is 0 Å². The first-order valence-corrected chi connectivity index (χ1v) is 11.4. The van der Waals surface area contributed by atoms with E-state index >= 15 is 0 Å². The molecule has 0 heterocycles. The van der Waals surface area contributed by atoms with Crippen molar-refractivity contribution in [1.82, 2.24) is 0 Å². The summed E-state index contributed by atoms with van der Waals surface area (Å²) in [7, 11) is 0. The number of benzene rings is 1. The minimum atomic E-state index is -0.863. The van der Waals surface area contributed by atoms with Gasteiger partial charge in [-0.25, -0.2) is 4.79 Å². The largest absolute Gasteiger partial charge is 0.479 e. The quantitative estimate of drug-likeness (QED) is 0.381. The fourth-order valence-electron chi connectivity index (χ4n) is 3.89. The predicted molar refractivity (Wildman–Crippen MR) is 117 cm³/mol. The van der Waals surface area contributed by atoms with Crippen LogP contribution in [0.1, 0.15) is 102 Å². The Bertz CT molecular complexity index is 588. The second-order valence-electron chi connectivity index (χ2n) is 8.06. The highest BCUT2D eigenvalue weighted by Crippen LogP contribution is 2.27. The number of allylic oxidation sites excluding steroid dienone is 2. The molecule has 0 spiro atoms. The van der Waals surface area contributed by atoms with E-state index in [2.05, 4.69) is 25.1 Å². The Hall–Kier alpha value is -1.77. The number of unbranched alkanes of at least 4 members (excludes halogenated alkanes) is 6. The van der Waals surface area contributed by atoms with Crippen LogP contribution in [0.5, 0.6) is 5.75 Å². The van der Waals surface area contributed by atoms with Crippen LogP contribution < -0.4 is 4.74 Å². The number of carboxylic acid groups (broad SMARTS) is 1. The average molecular weight is 387 g/mol. The van der Waals surface area contributed by atoms with Gasteiger partial charge in [0.05, 0.1) is 0 Å². The first-order chi connectivity index (χ1) is 13.7. The molecule has 1 aromatic carbocycles. The zero-order chi connectivity index (χ0) is 20.0. The maximum absolute atomic E-state index is 11.6.